The highest BCUT2D eigenvalue weighted by atomic mass is 16.4. The lowest BCUT2D eigenvalue weighted by Crippen LogP contribution is -2.41. The molecule has 0 atom stereocenters. The first-order valence-electron chi connectivity index (χ1n) is 4.53. The van der Waals surface area contributed by atoms with Crippen molar-refractivity contribution in [2.45, 2.75) is 6.54 Å². The van der Waals surface area contributed by atoms with Crippen molar-refractivity contribution in [3.63, 3.8) is 0 Å². The molecular formula is C10H11N3O2. The number of carbonyl (C=O) groups is 1. The summed E-state index contributed by atoms with van der Waals surface area (Å²) in [6.07, 6.45) is 2.12. The van der Waals surface area contributed by atoms with Gasteiger partial charge in [-0.2, -0.15) is 5.01 Å². The lowest BCUT2D eigenvalue weighted by molar-refractivity contribution is 0.103. The summed E-state index contributed by atoms with van der Waals surface area (Å²) in [7, 11) is 0. The predicted octanol–water partition coefficient (Wildman–Crippen LogP) is 1.37. The number of hydrazine groups is 2. The van der Waals surface area contributed by atoms with Gasteiger partial charge in [0.05, 0.1) is 6.54 Å². The molecule has 15 heavy (non-hydrogen) atoms. The highest BCUT2D eigenvalue weighted by Crippen LogP contribution is 2.07. The monoisotopic (exact) mass is 205 g/mol. The number of carboxylic acid groups (broad SMARTS) is 1. The lowest BCUT2D eigenvalue weighted by atomic mass is 10.2. The Hall–Kier alpha value is -2.01. The highest BCUT2D eigenvalue weighted by molar-refractivity contribution is 5.65. The molecule has 5 nitrogen and oxygen atoms in total. The third-order valence-corrected chi connectivity index (χ3v) is 2.03. The molecule has 2 rings (SSSR count). The van der Waals surface area contributed by atoms with Gasteiger partial charge in [-0.15, -0.1) is 5.53 Å². The van der Waals surface area contributed by atoms with Crippen LogP contribution in [0.1, 0.15) is 5.56 Å². The number of nitrogens with zero attached hydrogens (tertiary/aromatic N) is 2. The molecular weight excluding hydrogens is 194 g/mol. The van der Waals surface area contributed by atoms with Gasteiger partial charge in [-0.3, -0.25) is 5.01 Å². The molecule has 1 amide bonds. The summed E-state index contributed by atoms with van der Waals surface area (Å²) in [4.78, 5) is 10.6. The summed E-state index contributed by atoms with van der Waals surface area (Å²) in [5.74, 6) is 0. The molecule has 0 aliphatic carbocycles. The first kappa shape index (κ1) is 9.54. The molecule has 0 radical (unpaired) electrons. The second kappa shape index (κ2) is 4.02. The van der Waals surface area contributed by atoms with Crippen LogP contribution < -0.4 is 5.53 Å². The largest absolute Gasteiger partial charge is 0.464 e. The zero-order valence-electron chi connectivity index (χ0n) is 8.00. The second-order valence-corrected chi connectivity index (χ2v) is 3.16. The van der Waals surface area contributed by atoms with Crippen LogP contribution in [0.15, 0.2) is 42.7 Å². The van der Waals surface area contributed by atoms with Gasteiger partial charge in [-0.25, -0.2) is 4.79 Å². The maximum absolute atomic E-state index is 10.6. The van der Waals surface area contributed by atoms with E-state index < -0.39 is 6.09 Å². The number of benzene rings is 1. The molecule has 2 N–H and O–H groups in total. The summed E-state index contributed by atoms with van der Waals surface area (Å²) in [5, 5.41) is 11.4. The van der Waals surface area contributed by atoms with Crippen LogP contribution in [0.5, 0.6) is 0 Å². The zero-order valence-corrected chi connectivity index (χ0v) is 8.00. The minimum atomic E-state index is -1.03. The van der Waals surface area contributed by atoms with Gasteiger partial charge in [0.25, 0.3) is 0 Å². The molecule has 1 aromatic rings. The zero-order chi connectivity index (χ0) is 10.7. The Bertz CT molecular complexity index is 378. The van der Waals surface area contributed by atoms with Gasteiger partial charge in [0.1, 0.15) is 0 Å². The van der Waals surface area contributed by atoms with Crippen molar-refractivity contribution < 1.29 is 9.90 Å². The van der Waals surface area contributed by atoms with E-state index in [-0.39, 0.29) is 0 Å². The van der Waals surface area contributed by atoms with Crippen molar-refractivity contribution in [2.75, 3.05) is 0 Å². The van der Waals surface area contributed by atoms with E-state index in [0.717, 1.165) is 10.6 Å². The summed E-state index contributed by atoms with van der Waals surface area (Å²) >= 11 is 0. The fourth-order valence-corrected chi connectivity index (χ4v) is 1.33. The molecule has 0 saturated heterocycles. The highest BCUT2D eigenvalue weighted by Gasteiger charge is 2.16. The van der Waals surface area contributed by atoms with Gasteiger partial charge < -0.3 is 5.11 Å². The normalized spacial score (nSPS) is 14.7. The van der Waals surface area contributed by atoms with E-state index >= 15 is 0 Å². The van der Waals surface area contributed by atoms with Crippen LogP contribution in [0.2, 0.25) is 0 Å². The molecule has 5 heteroatoms. The van der Waals surface area contributed by atoms with E-state index in [1.165, 1.54) is 6.20 Å². The van der Waals surface area contributed by atoms with E-state index in [4.69, 9.17) is 5.11 Å². The van der Waals surface area contributed by atoms with Gasteiger partial charge in [-0.1, -0.05) is 30.3 Å². The molecule has 1 heterocycles. The Morgan fingerprint density at radius 2 is 2.00 bits per heavy atom. The first-order chi connectivity index (χ1) is 7.25. The van der Waals surface area contributed by atoms with Crippen LogP contribution >= 0.6 is 0 Å². The van der Waals surface area contributed by atoms with Crippen molar-refractivity contribution in [1.82, 2.24) is 15.6 Å². The molecule has 0 saturated carbocycles. The van der Waals surface area contributed by atoms with E-state index in [1.807, 2.05) is 30.3 Å². The average molecular weight is 205 g/mol. The number of rotatable bonds is 2. The van der Waals surface area contributed by atoms with Crippen LogP contribution in [-0.2, 0) is 6.54 Å². The SMILES string of the molecule is O=C(O)N1C=CN(Cc2ccccc2)N1. The van der Waals surface area contributed by atoms with Crippen LogP contribution in [-0.4, -0.2) is 21.2 Å². The second-order valence-electron chi connectivity index (χ2n) is 3.16. The maximum Gasteiger partial charge on any atom is 0.427 e. The summed E-state index contributed by atoms with van der Waals surface area (Å²) in [6.45, 7) is 0.626. The molecule has 0 unspecified atom stereocenters. The smallest absolute Gasteiger partial charge is 0.427 e. The fourth-order valence-electron chi connectivity index (χ4n) is 1.33. The number of nitrogens with one attached hydrogen (secondary N) is 1. The third-order valence-electron chi connectivity index (χ3n) is 2.03. The van der Waals surface area contributed by atoms with Crippen molar-refractivity contribution in [3.05, 3.63) is 48.3 Å². The van der Waals surface area contributed by atoms with E-state index in [9.17, 15) is 4.79 Å². The van der Waals surface area contributed by atoms with Gasteiger partial charge in [0.15, 0.2) is 0 Å². The lowest BCUT2D eigenvalue weighted by Gasteiger charge is -2.18. The van der Waals surface area contributed by atoms with E-state index in [2.05, 4.69) is 5.53 Å². The third kappa shape index (κ3) is 2.26. The Kier molecular flexibility index (Phi) is 2.55. The average Bonchev–Trinajstić information content (AvgIpc) is 2.68. The van der Waals surface area contributed by atoms with Gasteiger partial charge in [-0.05, 0) is 5.56 Å². The summed E-state index contributed by atoms with van der Waals surface area (Å²) in [6, 6.07) is 9.81. The predicted molar refractivity (Wildman–Crippen MR) is 54.1 cm³/mol. The Balaban J connectivity index is 1.94. The summed E-state index contributed by atoms with van der Waals surface area (Å²) in [5.41, 5.74) is 3.81. The standard InChI is InChI=1S/C10H11N3O2/c14-10(15)13-7-6-12(11-13)8-9-4-2-1-3-5-9/h1-7,11H,8H2,(H,14,15). The molecule has 0 fully saturated rings. The van der Waals surface area contributed by atoms with Gasteiger partial charge in [0.2, 0.25) is 0 Å². The van der Waals surface area contributed by atoms with Crippen LogP contribution in [0, 0.1) is 0 Å². The van der Waals surface area contributed by atoms with Gasteiger partial charge >= 0.3 is 6.09 Å². The molecule has 78 valence electrons. The minimum absolute atomic E-state index is 0.626. The van der Waals surface area contributed by atoms with Crippen molar-refractivity contribution in [3.8, 4) is 0 Å². The maximum atomic E-state index is 10.6. The van der Waals surface area contributed by atoms with Crippen LogP contribution in [0.25, 0.3) is 0 Å². The topological polar surface area (TPSA) is 55.8 Å². The molecule has 0 spiro atoms. The number of hydrogen-bond donors (Lipinski definition) is 2. The van der Waals surface area contributed by atoms with Crippen molar-refractivity contribution in [1.29, 1.82) is 0 Å². The number of amides is 1. The molecule has 0 aromatic heterocycles. The Labute approximate surface area is 87.2 Å². The number of hydrogen-bond acceptors (Lipinski definition) is 3. The van der Waals surface area contributed by atoms with Crippen LogP contribution in [0.3, 0.4) is 0 Å². The molecule has 0 bridgehead atoms. The summed E-state index contributed by atoms with van der Waals surface area (Å²) < 4.78 is 0. The molecule has 1 aliphatic rings. The first-order valence-corrected chi connectivity index (χ1v) is 4.53. The van der Waals surface area contributed by atoms with Crippen molar-refractivity contribution >= 4 is 6.09 Å². The van der Waals surface area contributed by atoms with E-state index in [0.29, 0.717) is 6.54 Å². The molecule has 1 aromatic carbocycles. The minimum Gasteiger partial charge on any atom is -0.464 e. The van der Waals surface area contributed by atoms with Crippen molar-refractivity contribution in [2.24, 2.45) is 0 Å². The van der Waals surface area contributed by atoms with Gasteiger partial charge in [0, 0.05) is 12.4 Å². The van der Waals surface area contributed by atoms with E-state index in [1.54, 1.807) is 11.2 Å². The Morgan fingerprint density at radius 3 is 2.60 bits per heavy atom. The fraction of sp³-hybridized carbons (Fsp3) is 0.100. The van der Waals surface area contributed by atoms with Crippen LogP contribution in [0.4, 0.5) is 4.79 Å². The molecule has 1 aliphatic heterocycles. The Morgan fingerprint density at radius 1 is 1.27 bits per heavy atom. The quantitative estimate of drug-likeness (QED) is 0.765.